The maximum atomic E-state index is 4.21. The second-order valence-electron chi connectivity index (χ2n) is 2.58. The summed E-state index contributed by atoms with van der Waals surface area (Å²) in [7, 11) is 1.93. The van der Waals surface area contributed by atoms with Gasteiger partial charge in [0.15, 0.2) is 0 Å². The number of unbranched alkanes of at least 4 members (excludes halogenated alkanes) is 2. The van der Waals surface area contributed by atoms with Gasteiger partial charge in [0.1, 0.15) is 0 Å². The van der Waals surface area contributed by atoms with Crippen LogP contribution < -0.4 is 0 Å². The molecule has 0 saturated heterocycles. The average molecular weight is 154 g/mol. The highest BCUT2D eigenvalue weighted by Gasteiger charge is 1.82. The summed E-state index contributed by atoms with van der Waals surface area (Å²) in [4.78, 5) is 6.06. The van der Waals surface area contributed by atoms with Gasteiger partial charge in [-0.05, 0) is 12.6 Å². The fraction of sp³-hybridized carbons (Fsp3) is 0.667. The lowest BCUT2D eigenvalue weighted by Crippen LogP contribution is -2.06. The zero-order valence-electron chi connectivity index (χ0n) is 7.58. The number of hydrogen-bond acceptors (Lipinski definition) is 1. The van der Waals surface area contributed by atoms with Crippen LogP contribution in [0.1, 0.15) is 26.2 Å². The van der Waals surface area contributed by atoms with Crippen molar-refractivity contribution in [3.05, 3.63) is 12.8 Å². The summed E-state index contributed by atoms with van der Waals surface area (Å²) < 4.78 is 0. The van der Waals surface area contributed by atoms with Crippen LogP contribution in [0.25, 0.3) is 0 Å². The summed E-state index contributed by atoms with van der Waals surface area (Å²) in [5.41, 5.74) is 0. The van der Waals surface area contributed by atoms with Crippen LogP contribution in [0, 0.1) is 0 Å². The Labute approximate surface area is 69.6 Å². The summed E-state index contributed by atoms with van der Waals surface area (Å²) in [6.07, 6.45) is 7.27. The van der Waals surface area contributed by atoms with E-state index in [0.29, 0.717) is 0 Å². The van der Waals surface area contributed by atoms with Crippen LogP contribution in [0.15, 0.2) is 17.8 Å². The van der Waals surface area contributed by atoms with Crippen molar-refractivity contribution in [1.29, 1.82) is 0 Å². The molecule has 2 heteroatoms. The quantitative estimate of drug-likeness (QED) is 0.325. The molecule has 0 radical (unpaired) electrons. The van der Waals surface area contributed by atoms with Gasteiger partial charge < -0.3 is 4.90 Å². The monoisotopic (exact) mass is 154 g/mol. The van der Waals surface area contributed by atoms with Gasteiger partial charge in [0.2, 0.25) is 0 Å². The lowest BCUT2D eigenvalue weighted by atomic mass is 10.2. The van der Waals surface area contributed by atoms with Crippen LogP contribution in [-0.2, 0) is 0 Å². The van der Waals surface area contributed by atoms with E-state index in [4.69, 9.17) is 0 Å². The Kier molecular flexibility index (Phi) is 6.79. The molecule has 0 aromatic carbocycles. The predicted molar refractivity (Wildman–Crippen MR) is 50.8 cm³/mol. The molecule has 0 atom stereocenters. The third kappa shape index (κ3) is 7.10. The van der Waals surface area contributed by atoms with Gasteiger partial charge in [0.25, 0.3) is 0 Å². The third-order valence-electron chi connectivity index (χ3n) is 1.44. The Morgan fingerprint density at radius 2 is 2.18 bits per heavy atom. The third-order valence-corrected chi connectivity index (χ3v) is 1.44. The van der Waals surface area contributed by atoms with Crippen molar-refractivity contribution in [2.75, 3.05) is 13.6 Å². The van der Waals surface area contributed by atoms with Gasteiger partial charge in [0, 0.05) is 13.6 Å². The van der Waals surface area contributed by atoms with E-state index >= 15 is 0 Å². The maximum absolute atomic E-state index is 4.21. The molecule has 2 nitrogen and oxygen atoms in total. The fourth-order valence-corrected chi connectivity index (χ4v) is 0.687. The highest BCUT2D eigenvalue weighted by Crippen LogP contribution is 1.92. The van der Waals surface area contributed by atoms with Crippen LogP contribution in [-0.4, -0.2) is 24.8 Å². The molecule has 64 valence electrons. The van der Waals surface area contributed by atoms with E-state index in [1.807, 2.05) is 18.3 Å². The Morgan fingerprint density at radius 1 is 1.45 bits per heavy atom. The van der Waals surface area contributed by atoms with E-state index in [2.05, 4.69) is 18.5 Å². The van der Waals surface area contributed by atoms with Crippen molar-refractivity contribution in [3.63, 3.8) is 0 Å². The first-order valence-corrected chi connectivity index (χ1v) is 4.15. The van der Waals surface area contributed by atoms with Gasteiger partial charge in [-0.1, -0.05) is 26.3 Å². The summed E-state index contributed by atoms with van der Waals surface area (Å²) in [6, 6.07) is 0. The Morgan fingerprint density at radius 3 is 2.73 bits per heavy atom. The molecule has 0 aliphatic rings. The Balaban J connectivity index is 3.22. The van der Waals surface area contributed by atoms with Crippen molar-refractivity contribution in [1.82, 2.24) is 4.90 Å². The molecule has 0 aliphatic carbocycles. The second kappa shape index (κ2) is 7.32. The zero-order valence-corrected chi connectivity index (χ0v) is 7.58. The second-order valence-corrected chi connectivity index (χ2v) is 2.58. The molecular formula is C9H18N2. The van der Waals surface area contributed by atoms with Crippen LogP contribution in [0.3, 0.4) is 0 Å². The predicted octanol–water partition coefficient (Wildman–Crippen LogP) is 2.28. The summed E-state index contributed by atoms with van der Waals surface area (Å²) >= 11 is 0. The first-order valence-electron chi connectivity index (χ1n) is 4.15. The van der Waals surface area contributed by atoms with E-state index < -0.39 is 0 Å². The van der Waals surface area contributed by atoms with Gasteiger partial charge in [-0.2, -0.15) is 0 Å². The highest BCUT2D eigenvalue weighted by atomic mass is 15.1. The van der Waals surface area contributed by atoms with Crippen LogP contribution >= 0.6 is 0 Å². The summed E-state index contributed by atoms with van der Waals surface area (Å²) in [6.45, 7) is 6.74. The van der Waals surface area contributed by atoms with Crippen LogP contribution in [0.5, 0.6) is 0 Å². The molecule has 0 aromatic heterocycles. The molecule has 0 aliphatic heterocycles. The van der Waals surface area contributed by atoms with Gasteiger partial charge in [0.05, 0.1) is 6.34 Å². The standard InChI is InChI=1S/C9H18N2/c1-4-6-7-8-10-9-11(3)5-2/h5,9H,2,4,6-8H2,1,3H3. The Hall–Kier alpha value is -0.790. The van der Waals surface area contributed by atoms with E-state index in [1.165, 1.54) is 19.3 Å². The lowest BCUT2D eigenvalue weighted by molar-refractivity contribution is 0.689. The Bertz CT molecular complexity index is 119. The molecule has 0 heterocycles. The molecular weight excluding hydrogens is 136 g/mol. The number of nitrogens with zero attached hydrogens (tertiary/aromatic N) is 2. The van der Waals surface area contributed by atoms with Crippen molar-refractivity contribution < 1.29 is 0 Å². The lowest BCUT2D eigenvalue weighted by Gasteiger charge is -2.03. The number of rotatable bonds is 6. The molecule has 0 unspecified atom stereocenters. The summed E-state index contributed by atoms with van der Waals surface area (Å²) in [5, 5.41) is 0. The van der Waals surface area contributed by atoms with Gasteiger partial charge in [-0.3, -0.25) is 4.99 Å². The fourth-order valence-electron chi connectivity index (χ4n) is 0.687. The van der Waals surface area contributed by atoms with Gasteiger partial charge in [-0.15, -0.1) is 0 Å². The van der Waals surface area contributed by atoms with Crippen molar-refractivity contribution in [2.24, 2.45) is 4.99 Å². The van der Waals surface area contributed by atoms with Gasteiger partial charge in [-0.25, -0.2) is 0 Å². The van der Waals surface area contributed by atoms with E-state index in [-0.39, 0.29) is 0 Å². The molecule has 0 amide bonds. The topological polar surface area (TPSA) is 15.6 Å². The number of aliphatic imine (C=N–C) groups is 1. The maximum Gasteiger partial charge on any atom is 0.0886 e. The van der Waals surface area contributed by atoms with Crippen molar-refractivity contribution >= 4 is 6.34 Å². The van der Waals surface area contributed by atoms with E-state index in [0.717, 1.165) is 6.54 Å². The number of hydrogen-bond donors (Lipinski definition) is 0. The smallest absolute Gasteiger partial charge is 0.0886 e. The SMILES string of the molecule is C=CN(C)C=NCCCCC. The van der Waals surface area contributed by atoms with Crippen LogP contribution in [0.2, 0.25) is 0 Å². The molecule has 0 aromatic rings. The van der Waals surface area contributed by atoms with Gasteiger partial charge >= 0.3 is 0 Å². The molecule has 0 saturated carbocycles. The van der Waals surface area contributed by atoms with Crippen molar-refractivity contribution in [3.8, 4) is 0 Å². The molecule has 0 fully saturated rings. The first-order chi connectivity index (χ1) is 5.31. The molecule has 0 N–H and O–H groups in total. The van der Waals surface area contributed by atoms with E-state index in [1.54, 1.807) is 6.20 Å². The summed E-state index contributed by atoms with van der Waals surface area (Å²) in [5.74, 6) is 0. The highest BCUT2D eigenvalue weighted by molar-refractivity contribution is 5.55. The largest absolute Gasteiger partial charge is 0.343 e. The minimum atomic E-state index is 0.937. The van der Waals surface area contributed by atoms with Crippen molar-refractivity contribution in [2.45, 2.75) is 26.2 Å². The zero-order chi connectivity index (χ0) is 8.53. The van der Waals surface area contributed by atoms with E-state index in [9.17, 15) is 0 Å². The molecule has 0 spiro atoms. The molecule has 0 bridgehead atoms. The molecule has 11 heavy (non-hydrogen) atoms. The molecule has 0 rings (SSSR count). The minimum Gasteiger partial charge on any atom is -0.343 e. The average Bonchev–Trinajstić information content (AvgIpc) is 2.04. The normalized spacial score (nSPS) is 10.4. The first kappa shape index (κ1) is 10.2. The van der Waals surface area contributed by atoms with Crippen LogP contribution in [0.4, 0.5) is 0 Å². The minimum absolute atomic E-state index is 0.937.